The second-order valence-corrected chi connectivity index (χ2v) is 6.65. The van der Waals surface area contributed by atoms with Crippen molar-refractivity contribution in [1.82, 2.24) is 10.2 Å². The van der Waals surface area contributed by atoms with Gasteiger partial charge in [0.05, 0.1) is 0 Å². The third-order valence-electron chi connectivity index (χ3n) is 5.07. The summed E-state index contributed by atoms with van der Waals surface area (Å²) in [4.78, 5) is 2.37. The monoisotopic (exact) mass is 292 g/mol. The molecule has 1 unspecified atom stereocenters. The summed E-state index contributed by atoms with van der Waals surface area (Å²) >= 11 is 0. The molecule has 1 aliphatic carbocycles. The van der Waals surface area contributed by atoms with E-state index >= 15 is 0 Å². The molecule has 1 aromatic carbocycles. The summed E-state index contributed by atoms with van der Waals surface area (Å²) in [7, 11) is 4.36. The number of halogens is 1. The number of hydrogen-bond donors (Lipinski definition) is 1. The van der Waals surface area contributed by atoms with Crippen molar-refractivity contribution in [1.29, 1.82) is 0 Å². The van der Waals surface area contributed by atoms with Gasteiger partial charge in [0.15, 0.2) is 0 Å². The van der Waals surface area contributed by atoms with Crippen LogP contribution >= 0.6 is 0 Å². The highest BCUT2D eigenvalue weighted by molar-refractivity contribution is 5.37. The Morgan fingerprint density at radius 2 is 2.10 bits per heavy atom. The number of benzene rings is 1. The molecule has 0 saturated heterocycles. The summed E-state index contributed by atoms with van der Waals surface area (Å²) in [5.41, 5.74) is 1.29. The molecule has 0 aromatic heterocycles. The zero-order valence-electron chi connectivity index (χ0n) is 13.0. The topological polar surface area (TPSA) is 24.5 Å². The Bertz CT molecular complexity index is 498. The van der Waals surface area contributed by atoms with E-state index in [2.05, 4.69) is 24.3 Å². The van der Waals surface area contributed by atoms with E-state index in [-0.39, 0.29) is 11.9 Å². The minimum atomic E-state index is -0.177. The Morgan fingerprint density at radius 1 is 1.33 bits per heavy atom. The van der Waals surface area contributed by atoms with Gasteiger partial charge in [-0.2, -0.15) is 0 Å². The van der Waals surface area contributed by atoms with Crippen LogP contribution in [0.2, 0.25) is 0 Å². The van der Waals surface area contributed by atoms with Crippen LogP contribution < -0.4 is 10.1 Å². The smallest absolute Gasteiger partial charge is 0.123 e. The van der Waals surface area contributed by atoms with Crippen molar-refractivity contribution in [2.75, 3.05) is 27.2 Å². The first kappa shape index (κ1) is 14.8. The molecular weight excluding hydrogens is 267 g/mol. The summed E-state index contributed by atoms with van der Waals surface area (Å²) in [5, 5.41) is 3.58. The molecule has 1 atom stereocenters. The molecule has 21 heavy (non-hydrogen) atoms. The third kappa shape index (κ3) is 3.06. The van der Waals surface area contributed by atoms with Gasteiger partial charge in [0, 0.05) is 30.6 Å². The van der Waals surface area contributed by atoms with Crippen LogP contribution in [0.1, 0.15) is 31.2 Å². The highest BCUT2D eigenvalue weighted by atomic mass is 19.1. The number of rotatable bonds is 5. The van der Waals surface area contributed by atoms with Gasteiger partial charge in [0.1, 0.15) is 17.7 Å². The molecule has 0 spiro atoms. The predicted octanol–water partition coefficient (Wildman–Crippen LogP) is 2.59. The molecule has 1 aliphatic heterocycles. The maximum absolute atomic E-state index is 13.2. The van der Waals surface area contributed by atoms with Gasteiger partial charge in [0.25, 0.3) is 0 Å². The van der Waals surface area contributed by atoms with Gasteiger partial charge in [0.2, 0.25) is 0 Å². The van der Waals surface area contributed by atoms with Crippen LogP contribution in [0.4, 0.5) is 4.39 Å². The normalized spacial score (nSPS) is 23.3. The average Bonchev–Trinajstić information content (AvgIpc) is 3.05. The fourth-order valence-corrected chi connectivity index (χ4v) is 3.68. The summed E-state index contributed by atoms with van der Waals surface area (Å²) in [6.45, 7) is 1.83. The van der Waals surface area contributed by atoms with E-state index in [4.69, 9.17) is 4.74 Å². The van der Waals surface area contributed by atoms with Crippen molar-refractivity contribution in [3.63, 3.8) is 0 Å². The molecule has 0 radical (unpaired) electrons. The lowest BCUT2D eigenvalue weighted by Crippen LogP contribution is -2.51. The molecule has 1 N–H and O–H groups in total. The summed E-state index contributed by atoms with van der Waals surface area (Å²) in [6.07, 6.45) is 6.11. The SMILES string of the molecule is CN(C)C1(CNCC2Cc3cc(F)ccc3O2)CCCC1. The third-order valence-corrected chi connectivity index (χ3v) is 5.07. The Kier molecular flexibility index (Phi) is 4.18. The van der Waals surface area contributed by atoms with Crippen molar-refractivity contribution in [2.24, 2.45) is 0 Å². The van der Waals surface area contributed by atoms with Crippen LogP contribution in [0.3, 0.4) is 0 Å². The summed E-state index contributed by atoms with van der Waals surface area (Å²) in [6, 6.07) is 4.80. The number of nitrogens with zero attached hydrogens (tertiary/aromatic N) is 1. The molecule has 2 aliphatic rings. The van der Waals surface area contributed by atoms with Crippen LogP contribution in [-0.2, 0) is 6.42 Å². The first-order valence-electron chi connectivity index (χ1n) is 7.92. The van der Waals surface area contributed by atoms with Gasteiger partial charge in [-0.1, -0.05) is 12.8 Å². The maximum Gasteiger partial charge on any atom is 0.123 e. The van der Waals surface area contributed by atoms with Crippen molar-refractivity contribution < 1.29 is 9.13 Å². The number of hydrogen-bond acceptors (Lipinski definition) is 3. The van der Waals surface area contributed by atoms with Crippen LogP contribution in [0.5, 0.6) is 5.75 Å². The van der Waals surface area contributed by atoms with Crippen molar-refractivity contribution in [2.45, 2.75) is 43.7 Å². The molecule has 4 heteroatoms. The van der Waals surface area contributed by atoms with E-state index in [0.29, 0.717) is 5.54 Å². The van der Waals surface area contributed by atoms with Crippen LogP contribution in [-0.4, -0.2) is 43.7 Å². The second-order valence-electron chi connectivity index (χ2n) is 6.65. The van der Waals surface area contributed by atoms with E-state index in [9.17, 15) is 4.39 Å². The first-order valence-corrected chi connectivity index (χ1v) is 7.92. The van der Waals surface area contributed by atoms with Gasteiger partial charge >= 0.3 is 0 Å². The minimum Gasteiger partial charge on any atom is -0.488 e. The van der Waals surface area contributed by atoms with Gasteiger partial charge in [-0.05, 0) is 45.1 Å². The van der Waals surface area contributed by atoms with E-state index in [1.54, 1.807) is 12.1 Å². The fraction of sp³-hybridized carbons (Fsp3) is 0.647. The first-order chi connectivity index (χ1) is 10.1. The minimum absolute atomic E-state index is 0.127. The van der Waals surface area contributed by atoms with Crippen molar-refractivity contribution >= 4 is 0 Å². The van der Waals surface area contributed by atoms with Crippen LogP contribution in [0.25, 0.3) is 0 Å². The highest BCUT2D eigenvalue weighted by Gasteiger charge is 2.35. The molecule has 0 bridgehead atoms. The van der Waals surface area contributed by atoms with Gasteiger partial charge < -0.3 is 15.0 Å². The summed E-state index contributed by atoms with van der Waals surface area (Å²) < 4.78 is 19.1. The standard InChI is InChI=1S/C17H25FN2O/c1-20(2)17(7-3-4-8-17)12-19-11-15-10-13-9-14(18)5-6-16(13)21-15/h5-6,9,15,19H,3-4,7-8,10-12H2,1-2H3. The van der Waals surface area contributed by atoms with Gasteiger partial charge in [-0.25, -0.2) is 4.39 Å². The molecule has 1 heterocycles. The highest BCUT2D eigenvalue weighted by Crippen LogP contribution is 2.33. The Labute approximate surface area is 126 Å². The van der Waals surface area contributed by atoms with Crippen LogP contribution in [0.15, 0.2) is 18.2 Å². The van der Waals surface area contributed by atoms with Gasteiger partial charge in [-0.15, -0.1) is 0 Å². The van der Waals surface area contributed by atoms with Crippen molar-refractivity contribution in [3.8, 4) is 5.75 Å². The molecule has 1 saturated carbocycles. The molecule has 116 valence electrons. The van der Waals surface area contributed by atoms with E-state index in [0.717, 1.165) is 30.8 Å². The fourth-order valence-electron chi connectivity index (χ4n) is 3.68. The summed E-state index contributed by atoms with van der Waals surface area (Å²) in [5.74, 6) is 0.662. The van der Waals surface area contributed by atoms with E-state index < -0.39 is 0 Å². The van der Waals surface area contributed by atoms with Crippen molar-refractivity contribution in [3.05, 3.63) is 29.6 Å². The molecule has 0 amide bonds. The van der Waals surface area contributed by atoms with E-state index in [1.807, 2.05) is 0 Å². The Hall–Kier alpha value is -1.13. The largest absolute Gasteiger partial charge is 0.488 e. The average molecular weight is 292 g/mol. The quantitative estimate of drug-likeness (QED) is 0.903. The molecular formula is C17H25FN2O. The lowest BCUT2D eigenvalue weighted by molar-refractivity contribution is 0.145. The number of ether oxygens (including phenoxy) is 1. The number of likely N-dealkylation sites (N-methyl/N-ethyl adjacent to an activating group) is 1. The lowest BCUT2D eigenvalue weighted by Gasteiger charge is -2.37. The predicted molar refractivity (Wildman–Crippen MR) is 82.3 cm³/mol. The molecule has 1 fully saturated rings. The van der Waals surface area contributed by atoms with Gasteiger partial charge in [-0.3, -0.25) is 0 Å². The van der Waals surface area contributed by atoms with E-state index in [1.165, 1.54) is 31.7 Å². The Balaban J connectivity index is 1.51. The van der Waals surface area contributed by atoms with Crippen LogP contribution in [0, 0.1) is 5.82 Å². The Morgan fingerprint density at radius 3 is 2.81 bits per heavy atom. The lowest BCUT2D eigenvalue weighted by atomic mass is 9.96. The number of fused-ring (bicyclic) bond motifs is 1. The zero-order chi connectivity index (χ0) is 14.9. The number of nitrogens with one attached hydrogen (secondary N) is 1. The molecule has 3 nitrogen and oxygen atoms in total. The molecule has 3 rings (SSSR count). The maximum atomic E-state index is 13.2. The molecule has 1 aromatic rings. The zero-order valence-corrected chi connectivity index (χ0v) is 13.0. The second kappa shape index (κ2) is 5.93.